The fourth-order valence-corrected chi connectivity index (χ4v) is 4.62. The van der Waals surface area contributed by atoms with Crippen molar-refractivity contribution in [3.8, 4) is 5.88 Å². The number of rotatable bonds is 0. The summed E-state index contributed by atoms with van der Waals surface area (Å²) < 4.78 is 12.1. The Bertz CT molecular complexity index is 660. The van der Waals surface area contributed by atoms with Gasteiger partial charge in [-0.15, -0.1) is 0 Å². The largest absolute Gasteiger partial charge is 0.467 e. The molecule has 4 heterocycles. The third kappa shape index (κ3) is 3.42. The monoisotopic (exact) mass is 360 g/mol. The number of hydrogen-bond acceptors (Lipinski definition) is 6. The molecule has 7 heteroatoms. The first kappa shape index (κ1) is 17.7. The van der Waals surface area contributed by atoms with Gasteiger partial charge in [-0.1, -0.05) is 0 Å². The first-order valence-corrected chi connectivity index (χ1v) is 9.74. The van der Waals surface area contributed by atoms with E-state index in [1.807, 2.05) is 11.8 Å². The molecule has 2 N–H and O–H groups in total. The van der Waals surface area contributed by atoms with Gasteiger partial charge in [0, 0.05) is 23.8 Å². The van der Waals surface area contributed by atoms with Crippen molar-refractivity contribution in [1.82, 2.24) is 14.9 Å². The second kappa shape index (κ2) is 7.48. The van der Waals surface area contributed by atoms with E-state index in [1.54, 1.807) is 0 Å². The Labute approximate surface area is 154 Å². The molecule has 2 fully saturated rings. The normalized spacial score (nSPS) is 32.5. The molecule has 0 radical (unpaired) electrons. The average molecular weight is 360 g/mol. The molecule has 0 aromatic carbocycles. The van der Waals surface area contributed by atoms with Crippen LogP contribution in [0, 0.1) is 6.92 Å². The third-order valence-corrected chi connectivity index (χ3v) is 6.12. The molecule has 26 heavy (non-hydrogen) atoms. The Morgan fingerprint density at radius 2 is 2.00 bits per heavy atom. The molecule has 3 aliphatic heterocycles. The molecule has 0 unspecified atom stereocenters. The van der Waals surface area contributed by atoms with Crippen molar-refractivity contribution >= 4 is 5.91 Å². The summed E-state index contributed by atoms with van der Waals surface area (Å²) in [4.78, 5) is 23.4. The molecule has 1 aliphatic carbocycles. The number of nitrogens with zero attached hydrogens (tertiary/aromatic N) is 3. The van der Waals surface area contributed by atoms with Crippen LogP contribution in [0.2, 0.25) is 0 Å². The zero-order valence-corrected chi connectivity index (χ0v) is 15.4. The molecular formula is C19H28N4O3. The Balaban J connectivity index is 1.64. The third-order valence-electron chi connectivity index (χ3n) is 6.12. The topological polar surface area (TPSA) is 90.6 Å². The molecule has 1 saturated carbocycles. The molecule has 5 rings (SSSR count). The van der Waals surface area contributed by atoms with E-state index >= 15 is 0 Å². The quantitative estimate of drug-likeness (QED) is 0.755. The van der Waals surface area contributed by atoms with Crippen LogP contribution in [-0.4, -0.2) is 58.7 Å². The van der Waals surface area contributed by atoms with Crippen LogP contribution in [0.5, 0.6) is 5.88 Å². The van der Waals surface area contributed by atoms with Gasteiger partial charge in [-0.2, -0.15) is 0 Å². The standard InChI is InChI=1S/C19H28N4O3/c1-12-18-13-4-6-14(7-5-13)25-9-16-15(20)3-2-8-23(16)17(24)10-26-19(18)22-11-21-12/h11,13-16H,2-10,20H2,1H3/t13-,14+,15-,16-/m0/s1. The molecule has 0 spiro atoms. The number of aryl methyl sites for hydroxylation is 1. The maximum Gasteiger partial charge on any atom is 0.260 e. The molecule has 142 valence electrons. The van der Waals surface area contributed by atoms with Crippen molar-refractivity contribution in [2.45, 2.75) is 69.6 Å². The summed E-state index contributed by atoms with van der Waals surface area (Å²) in [5.74, 6) is 0.890. The number of aromatic nitrogens is 2. The van der Waals surface area contributed by atoms with E-state index in [2.05, 4.69) is 9.97 Å². The van der Waals surface area contributed by atoms with E-state index in [0.717, 1.165) is 49.8 Å². The second-order valence-corrected chi connectivity index (χ2v) is 7.73. The molecule has 1 aromatic heterocycles. The fourth-order valence-electron chi connectivity index (χ4n) is 4.62. The van der Waals surface area contributed by atoms with Crippen LogP contribution in [-0.2, 0) is 9.53 Å². The summed E-state index contributed by atoms with van der Waals surface area (Å²) in [5, 5.41) is 0. The van der Waals surface area contributed by atoms with Crippen LogP contribution in [0.4, 0.5) is 0 Å². The highest BCUT2D eigenvalue weighted by molar-refractivity contribution is 5.78. The number of hydrogen-bond donors (Lipinski definition) is 1. The zero-order chi connectivity index (χ0) is 18.1. The molecule has 2 atom stereocenters. The Morgan fingerprint density at radius 1 is 1.19 bits per heavy atom. The molecule has 2 bridgehead atoms. The van der Waals surface area contributed by atoms with Crippen LogP contribution in [0.3, 0.4) is 0 Å². The number of nitrogens with two attached hydrogens (primary N) is 1. The van der Waals surface area contributed by atoms with Crippen LogP contribution >= 0.6 is 0 Å². The van der Waals surface area contributed by atoms with Gasteiger partial charge in [0.1, 0.15) is 6.33 Å². The molecule has 4 aliphatic rings. The number of ether oxygens (including phenoxy) is 2. The fraction of sp³-hybridized carbons (Fsp3) is 0.737. The smallest absolute Gasteiger partial charge is 0.260 e. The summed E-state index contributed by atoms with van der Waals surface area (Å²) in [7, 11) is 0. The van der Waals surface area contributed by atoms with E-state index in [1.165, 1.54) is 6.33 Å². The average Bonchev–Trinajstić information content (AvgIpc) is 2.66. The number of fused-ring (bicyclic) bond motifs is 5. The number of amides is 1. The van der Waals surface area contributed by atoms with Gasteiger partial charge in [-0.25, -0.2) is 9.97 Å². The maximum absolute atomic E-state index is 12.8. The minimum Gasteiger partial charge on any atom is -0.467 e. The highest BCUT2D eigenvalue weighted by Gasteiger charge is 2.35. The highest BCUT2D eigenvalue weighted by atomic mass is 16.5. The van der Waals surface area contributed by atoms with Crippen LogP contribution in [0.1, 0.15) is 55.7 Å². The molecule has 7 nitrogen and oxygen atoms in total. The Hall–Kier alpha value is -1.73. The summed E-state index contributed by atoms with van der Waals surface area (Å²) in [6.45, 7) is 3.22. The predicted molar refractivity (Wildman–Crippen MR) is 95.9 cm³/mol. The lowest BCUT2D eigenvalue weighted by atomic mass is 9.82. The summed E-state index contributed by atoms with van der Waals surface area (Å²) in [5.41, 5.74) is 8.32. The van der Waals surface area contributed by atoms with E-state index < -0.39 is 0 Å². The first-order chi connectivity index (χ1) is 12.6. The summed E-state index contributed by atoms with van der Waals surface area (Å²) in [6, 6.07) is -0.101. The van der Waals surface area contributed by atoms with Crippen molar-refractivity contribution < 1.29 is 14.3 Å². The second-order valence-electron chi connectivity index (χ2n) is 7.73. The lowest BCUT2D eigenvalue weighted by Gasteiger charge is -2.40. The number of piperidine rings is 1. The van der Waals surface area contributed by atoms with E-state index in [0.29, 0.717) is 24.9 Å². The van der Waals surface area contributed by atoms with Crippen molar-refractivity contribution in [3.63, 3.8) is 0 Å². The van der Waals surface area contributed by atoms with Crippen LogP contribution < -0.4 is 10.5 Å². The van der Waals surface area contributed by atoms with Gasteiger partial charge in [0.2, 0.25) is 5.88 Å². The van der Waals surface area contributed by atoms with Crippen molar-refractivity contribution in [3.05, 3.63) is 17.6 Å². The van der Waals surface area contributed by atoms with Gasteiger partial charge in [-0.3, -0.25) is 4.79 Å². The van der Waals surface area contributed by atoms with E-state index in [4.69, 9.17) is 15.2 Å². The SMILES string of the molecule is Cc1ncnc2c1[C@H]1CC[C@H](CC1)OC[C@H]1[C@@H](N)CCCN1C(=O)CO2. The Kier molecular flexibility index (Phi) is 5.09. The minimum absolute atomic E-state index is 0.0111. The lowest BCUT2D eigenvalue weighted by molar-refractivity contribution is -0.140. The van der Waals surface area contributed by atoms with Gasteiger partial charge < -0.3 is 20.1 Å². The van der Waals surface area contributed by atoms with E-state index in [9.17, 15) is 4.79 Å². The van der Waals surface area contributed by atoms with Crippen molar-refractivity contribution in [1.29, 1.82) is 0 Å². The number of carbonyl (C=O) groups excluding carboxylic acids is 1. The summed E-state index contributed by atoms with van der Waals surface area (Å²) >= 11 is 0. The molecule has 1 saturated heterocycles. The van der Waals surface area contributed by atoms with Gasteiger partial charge in [-0.05, 0) is 51.4 Å². The van der Waals surface area contributed by atoms with Crippen LogP contribution in [0.25, 0.3) is 0 Å². The highest BCUT2D eigenvalue weighted by Crippen LogP contribution is 2.39. The van der Waals surface area contributed by atoms with Gasteiger partial charge in [0.15, 0.2) is 6.61 Å². The molecule has 1 aromatic rings. The minimum atomic E-state index is -0.0649. The van der Waals surface area contributed by atoms with Gasteiger partial charge in [0.05, 0.1) is 18.8 Å². The van der Waals surface area contributed by atoms with Gasteiger partial charge in [0.25, 0.3) is 5.91 Å². The Morgan fingerprint density at radius 3 is 2.81 bits per heavy atom. The maximum atomic E-state index is 12.8. The van der Waals surface area contributed by atoms with Crippen LogP contribution in [0.15, 0.2) is 6.33 Å². The number of carbonyl (C=O) groups is 1. The summed E-state index contributed by atoms with van der Waals surface area (Å²) in [6.07, 6.45) is 7.70. The van der Waals surface area contributed by atoms with Crippen molar-refractivity contribution in [2.24, 2.45) is 5.73 Å². The van der Waals surface area contributed by atoms with E-state index in [-0.39, 0.29) is 30.7 Å². The zero-order valence-electron chi connectivity index (χ0n) is 15.4. The van der Waals surface area contributed by atoms with Gasteiger partial charge >= 0.3 is 0 Å². The molecular weight excluding hydrogens is 332 g/mol. The first-order valence-electron chi connectivity index (χ1n) is 9.74. The van der Waals surface area contributed by atoms with Crippen molar-refractivity contribution in [2.75, 3.05) is 19.8 Å². The molecule has 1 amide bonds. The lowest BCUT2D eigenvalue weighted by Crippen LogP contribution is -2.57. The predicted octanol–water partition coefficient (Wildman–Crippen LogP) is 1.54.